The van der Waals surface area contributed by atoms with Crippen LogP contribution in [0.4, 0.5) is 11.4 Å². The molecule has 0 aromatic heterocycles. The van der Waals surface area contributed by atoms with E-state index in [9.17, 15) is 9.59 Å². The Bertz CT molecular complexity index is 1050. The summed E-state index contributed by atoms with van der Waals surface area (Å²) < 4.78 is 0. The van der Waals surface area contributed by atoms with Crippen LogP contribution in [0.15, 0.2) is 78.9 Å². The van der Waals surface area contributed by atoms with Crippen LogP contribution in [0.2, 0.25) is 0 Å². The van der Waals surface area contributed by atoms with Gasteiger partial charge in [0.25, 0.3) is 0 Å². The maximum Gasteiger partial charge on any atom is 0.230 e. The number of carbonyl (C=O) groups excluding carboxylic acids is 2. The SMILES string of the molecule is Cc1cccc(NC(=O)Cc2ccc(N(Cc3ccccc3)C(=O)C3CCCC3)cc2)c1. The molecular formula is C28H30N2O2. The summed E-state index contributed by atoms with van der Waals surface area (Å²) in [5, 5.41) is 2.95. The number of nitrogens with zero attached hydrogens (tertiary/aromatic N) is 1. The molecule has 1 fully saturated rings. The molecule has 1 aliphatic rings. The maximum absolute atomic E-state index is 13.3. The van der Waals surface area contributed by atoms with Crippen LogP contribution < -0.4 is 10.2 Å². The van der Waals surface area contributed by atoms with Gasteiger partial charge in [0.05, 0.1) is 13.0 Å². The Kier molecular flexibility index (Phi) is 7.00. The molecule has 0 unspecified atom stereocenters. The lowest BCUT2D eigenvalue weighted by atomic mass is 10.0. The summed E-state index contributed by atoms with van der Waals surface area (Å²) in [6.07, 6.45) is 4.50. The van der Waals surface area contributed by atoms with Crippen LogP contribution in [-0.2, 0) is 22.6 Å². The Morgan fingerprint density at radius 3 is 2.28 bits per heavy atom. The molecule has 4 rings (SSSR count). The molecule has 1 N–H and O–H groups in total. The first-order valence-corrected chi connectivity index (χ1v) is 11.4. The van der Waals surface area contributed by atoms with E-state index in [4.69, 9.17) is 0 Å². The van der Waals surface area contributed by atoms with Crippen molar-refractivity contribution in [2.75, 3.05) is 10.2 Å². The first kappa shape index (κ1) is 21.8. The number of amides is 2. The van der Waals surface area contributed by atoms with Crippen LogP contribution in [0.1, 0.15) is 42.4 Å². The number of benzene rings is 3. The summed E-state index contributed by atoms with van der Waals surface area (Å²) in [7, 11) is 0. The minimum Gasteiger partial charge on any atom is -0.326 e. The molecule has 32 heavy (non-hydrogen) atoms. The lowest BCUT2D eigenvalue weighted by Gasteiger charge is -2.26. The number of hydrogen-bond acceptors (Lipinski definition) is 2. The third kappa shape index (κ3) is 5.64. The molecule has 1 aliphatic carbocycles. The monoisotopic (exact) mass is 426 g/mol. The number of rotatable bonds is 7. The predicted molar refractivity (Wildman–Crippen MR) is 130 cm³/mol. The molecule has 3 aromatic carbocycles. The Labute approximate surface area is 190 Å². The second-order valence-electron chi connectivity index (χ2n) is 8.65. The summed E-state index contributed by atoms with van der Waals surface area (Å²) in [6.45, 7) is 2.56. The molecule has 3 aromatic rings. The van der Waals surface area contributed by atoms with Crippen molar-refractivity contribution in [3.8, 4) is 0 Å². The highest BCUT2D eigenvalue weighted by Crippen LogP contribution is 2.30. The van der Waals surface area contributed by atoms with Gasteiger partial charge in [0.1, 0.15) is 0 Å². The van der Waals surface area contributed by atoms with Crippen LogP contribution >= 0.6 is 0 Å². The van der Waals surface area contributed by atoms with Crippen LogP contribution in [-0.4, -0.2) is 11.8 Å². The lowest BCUT2D eigenvalue weighted by molar-refractivity contribution is -0.122. The highest BCUT2D eigenvalue weighted by atomic mass is 16.2. The van der Waals surface area contributed by atoms with Gasteiger partial charge >= 0.3 is 0 Å². The fourth-order valence-electron chi connectivity index (χ4n) is 4.36. The molecule has 0 radical (unpaired) electrons. The molecule has 164 valence electrons. The third-order valence-corrected chi connectivity index (χ3v) is 6.07. The quantitative estimate of drug-likeness (QED) is 0.511. The number of carbonyl (C=O) groups is 2. The van der Waals surface area contributed by atoms with Crippen molar-refractivity contribution in [3.05, 3.63) is 95.6 Å². The maximum atomic E-state index is 13.3. The van der Waals surface area contributed by atoms with E-state index < -0.39 is 0 Å². The molecule has 0 aliphatic heterocycles. The second kappa shape index (κ2) is 10.3. The number of aryl methyl sites for hydroxylation is 1. The van der Waals surface area contributed by atoms with Crippen LogP contribution in [0.25, 0.3) is 0 Å². The normalized spacial score (nSPS) is 13.7. The van der Waals surface area contributed by atoms with Gasteiger partial charge in [-0.25, -0.2) is 0 Å². The minimum absolute atomic E-state index is 0.0495. The average Bonchev–Trinajstić information content (AvgIpc) is 3.33. The molecule has 2 amide bonds. The van der Waals surface area contributed by atoms with Gasteiger partial charge in [0, 0.05) is 17.3 Å². The summed E-state index contributed by atoms with van der Waals surface area (Å²) in [4.78, 5) is 27.7. The topological polar surface area (TPSA) is 49.4 Å². The zero-order valence-electron chi connectivity index (χ0n) is 18.6. The molecule has 0 saturated heterocycles. The summed E-state index contributed by atoms with van der Waals surface area (Å²) in [5.41, 5.74) is 4.83. The van der Waals surface area contributed by atoms with Gasteiger partial charge in [0.15, 0.2) is 0 Å². The zero-order chi connectivity index (χ0) is 22.3. The number of hydrogen-bond donors (Lipinski definition) is 1. The van der Waals surface area contributed by atoms with Crippen molar-refractivity contribution in [1.29, 1.82) is 0 Å². The second-order valence-corrected chi connectivity index (χ2v) is 8.65. The Morgan fingerprint density at radius 1 is 0.875 bits per heavy atom. The van der Waals surface area contributed by atoms with Crippen molar-refractivity contribution in [2.24, 2.45) is 5.92 Å². The van der Waals surface area contributed by atoms with E-state index in [0.717, 1.165) is 53.7 Å². The Morgan fingerprint density at radius 2 is 1.59 bits per heavy atom. The molecule has 0 heterocycles. The average molecular weight is 427 g/mol. The molecule has 4 heteroatoms. The van der Waals surface area contributed by atoms with Crippen LogP contribution in [0.3, 0.4) is 0 Å². The van der Waals surface area contributed by atoms with Gasteiger partial charge < -0.3 is 10.2 Å². The fraction of sp³-hybridized carbons (Fsp3) is 0.286. The van der Waals surface area contributed by atoms with Crippen LogP contribution in [0, 0.1) is 12.8 Å². The zero-order valence-corrected chi connectivity index (χ0v) is 18.6. The van der Waals surface area contributed by atoms with Crippen molar-refractivity contribution >= 4 is 23.2 Å². The van der Waals surface area contributed by atoms with Gasteiger partial charge in [-0.2, -0.15) is 0 Å². The van der Waals surface area contributed by atoms with Gasteiger partial charge in [-0.1, -0.05) is 67.4 Å². The van der Waals surface area contributed by atoms with Gasteiger partial charge in [0.2, 0.25) is 11.8 Å². The number of nitrogens with one attached hydrogen (secondary N) is 1. The Balaban J connectivity index is 1.47. The van der Waals surface area contributed by atoms with E-state index in [1.54, 1.807) is 0 Å². The van der Waals surface area contributed by atoms with Gasteiger partial charge in [-0.15, -0.1) is 0 Å². The lowest BCUT2D eigenvalue weighted by Crippen LogP contribution is -2.35. The first-order chi connectivity index (χ1) is 15.6. The molecule has 1 saturated carbocycles. The van der Waals surface area contributed by atoms with E-state index in [-0.39, 0.29) is 17.7 Å². The first-order valence-electron chi connectivity index (χ1n) is 11.4. The van der Waals surface area contributed by atoms with Crippen molar-refractivity contribution in [1.82, 2.24) is 0 Å². The molecule has 0 bridgehead atoms. The van der Waals surface area contributed by atoms with E-state index in [2.05, 4.69) is 17.4 Å². The fourth-order valence-corrected chi connectivity index (χ4v) is 4.36. The van der Waals surface area contributed by atoms with Crippen molar-refractivity contribution < 1.29 is 9.59 Å². The molecule has 0 spiro atoms. The van der Waals surface area contributed by atoms with Crippen LogP contribution in [0.5, 0.6) is 0 Å². The summed E-state index contributed by atoms with van der Waals surface area (Å²) >= 11 is 0. The van der Waals surface area contributed by atoms with E-state index >= 15 is 0 Å². The molecular weight excluding hydrogens is 396 g/mol. The highest BCUT2D eigenvalue weighted by molar-refractivity contribution is 5.95. The van der Waals surface area contributed by atoms with Crippen molar-refractivity contribution in [3.63, 3.8) is 0 Å². The standard InChI is InChI=1S/C28H30N2O2/c1-21-8-7-13-25(18-21)29-27(31)19-22-14-16-26(17-15-22)30(20-23-9-3-2-4-10-23)28(32)24-11-5-6-12-24/h2-4,7-10,13-18,24H,5-6,11-12,19-20H2,1H3,(H,29,31). The van der Waals surface area contributed by atoms with E-state index in [1.165, 1.54) is 0 Å². The molecule has 0 atom stereocenters. The van der Waals surface area contributed by atoms with E-state index in [1.807, 2.05) is 78.6 Å². The summed E-state index contributed by atoms with van der Waals surface area (Å²) in [6, 6.07) is 25.7. The van der Waals surface area contributed by atoms with Gasteiger partial charge in [-0.05, 0) is 60.7 Å². The largest absolute Gasteiger partial charge is 0.326 e. The highest BCUT2D eigenvalue weighted by Gasteiger charge is 2.28. The van der Waals surface area contributed by atoms with Crippen molar-refractivity contribution in [2.45, 2.75) is 45.6 Å². The Hall–Kier alpha value is -3.40. The predicted octanol–water partition coefficient (Wildman–Crippen LogP) is 5.90. The minimum atomic E-state index is -0.0495. The third-order valence-electron chi connectivity index (χ3n) is 6.07. The van der Waals surface area contributed by atoms with Gasteiger partial charge in [-0.3, -0.25) is 9.59 Å². The summed E-state index contributed by atoms with van der Waals surface area (Å²) in [5.74, 6) is 0.265. The smallest absolute Gasteiger partial charge is 0.230 e. The number of anilines is 2. The van der Waals surface area contributed by atoms with E-state index in [0.29, 0.717) is 13.0 Å². The molecule has 4 nitrogen and oxygen atoms in total.